The van der Waals surface area contributed by atoms with Crippen LogP contribution in [0.25, 0.3) is 11.0 Å². The molecule has 1 aromatic heterocycles. The van der Waals surface area contributed by atoms with Crippen molar-refractivity contribution in [2.75, 3.05) is 0 Å². The number of hydrogen-bond donors (Lipinski definition) is 2. The first kappa shape index (κ1) is 10.8. The van der Waals surface area contributed by atoms with E-state index in [1.54, 1.807) is 0 Å². The molecule has 1 aliphatic carbocycles. The molecule has 0 radical (unpaired) electrons. The fourth-order valence-corrected chi connectivity index (χ4v) is 2.22. The van der Waals surface area contributed by atoms with Gasteiger partial charge in [-0.3, -0.25) is 0 Å². The molecule has 3 N–H and O–H groups in total. The number of rotatable bonds is 4. The van der Waals surface area contributed by atoms with Gasteiger partial charge in [-0.2, -0.15) is 0 Å². The summed E-state index contributed by atoms with van der Waals surface area (Å²) in [4.78, 5) is 0. The molecular formula is C14H18N2O. The summed E-state index contributed by atoms with van der Waals surface area (Å²) >= 11 is 0. The second-order valence-electron chi connectivity index (χ2n) is 4.80. The van der Waals surface area contributed by atoms with Crippen LogP contribution in [0.4, 0.5) is 0 Å². The van der Waals surface area contributed by atoms with Crippen LogP contribution in [0.15, 0.2) is 28.7 Å². The van der Waals surface area contributed by atoms with E-state index in [2.05, 4.69) is 17.4 Å². The Balaban J connectivity index is 1.75. The fourth-order valence-electron chi connectivity index (χ4n) is 2.22. The molecule has 1 saturated carbocycles. The summed E-state index contributed by atoms with van der Waals surface area (Å²) in [6.45, 7) is 1.41. The Morgan fingerprint density at radius 3 is 2.88 bits per heavy atom. The molecule has 1 fully saturated rings. The molecule has 0 aliphatic heterocycles. The third kappa shape index (κ3) is 2.21. The minimum atomic E-state index is 0.580. The maximum absolute atomic E-state index is 5.78. The van der Waals surface area contributed by atoms with Crippen molar-refractivity contribution in [3.8, 4) is 0 Å². The van der Waals surface area contributed by atoms with Crippen LogP contribution < -0.4 is 11.1 Å². The summed E-state index contributed by atoms with van der Waals surface area (Å²) in [5.74, 6) is 1.01. The van der Waals surface area contributed by atoms with Gasteiger partial charge in [0.15, 0.2) is 0 Å². The van der Waals surface area contributed by atoms with E-state index in [0.717, 1.165) is 28.8 Å². The van der Waals surface area contributed by atoms with E-state index in [-0.39, 0.29) is 0 Å². The van der Waals surface area contributed by atoms with Gasteiger partial charge in [0, 0.05) is 18.0 Å². The zero-order chi connectivity index (χ0) is 11.7. The van der Waals surface area contributed by atoms with Crippen LogP contribution in [0, 0.1) is 0 Å². The van der Waals surface area contributed by atoms with Crippen LogP contribution in [0.1, 0.15) is 30.6 Å². The molecule has 0 amide bonds. The highest BCUT2D eigenvalue weighted by Gasteiger charge is 2.16. The molecule has 17 heavy (non-hydrogen) atoms. The van der Waals surface area contributed by atoms with Gasteiger partial charge < -0.3 is 15.5 Å². The third-order valence-corrected chi connectivity index (χ3v) is 3.54. The maximum atomic E-state index is 5.78. The minimum Gasteiger partial charge on any atom is -0.460 e. The van der Waals surface area contributed by atoms with Crippen molar-refractivity contribution in [1.29, 1.82) is 0 Å². The second-order valence-corrected chi connectivity index (χ2v) is 4.80. The van der Waals surface area contributed by atoms with Crippen molar-refractivity contribution in [3.05, 3.63) is 35.6 Å². The van der Waals surface area contributed by atoms with Gasteiger partial charge in [-0.1, -0.05) is 12.5 Å². The van der Waals surface area contributed by atoms with Crippen molar-refractivity contribution in [2.45, 2.75) is 38.4 Å². The van der Waals surface area contributed by atoms with Gasteiger partial charge in [0.1, 0.15) is 11.3 Å². The quantitative estimate of drug-likeness (QED) is 0.848. The molecule has 2 aromatic rings. The van der Waals surface area contributed by atoms with E-state index in [4.69, 9.17) is 10.2 Å². The monoisotopic (exact) mass is 230 g/mol. The molecule has 0 atom stereocenters. The Kier molecular flexibility index (Phi) is 2.87. The van der Waals surface area contributed by atoms with Gasteiger partial charge in [0.05, 0.1) is 6.54 Å². The lowest BCUT2D eigenvalue weighted by Gasteiger charge is -2.25. The topological polar surface area (TPSA) is 51.2 Å². The fraction of sp³-hybridized carbons (Fsp3) is 0.429. The average molecular weight is 230 g/mol. The van der Waals surface area contributed by atoms with Crippen molar-refractivity contribution in [3.63, 3.8) is 0 Å². The van der Waals surface area contributed by atoms with Crippen LogP contribution in [0.3, 0.4) is 0 Å². The molecule has 1 heterocycles. The van der Waals surface area contributed by atoms with Crippen LogP contribution in [0.2, 0.25) is 0 Å². The van der Waals surface area contributed by atoms with Gasteiger partial charge in [0.2, 0.25) is 0 Å². The average Bonchev–Trinajstić information content (AvgIpc) is 2.68. The molecule has 0 unspecified atom stereocenters. The number of fused-ring (bicyclic) bond motifs is 1. The molecule has 0 spiro atoms. The zero-order valence-electron chi connectivity index (χ0n) is 9.91. The lowest BCUT2D eigenvalue weighted by atomic mass is 9.93. The molecule has 90 valence electrons. The van der Waals surface area contributed by atoms with E-state index in [1.807, 2.05) is 12.1 Å². The van der Waals surface area contributed by atoms with Gasteiger partial charge in [-0.25, -0.2) is 0 Å². The number of nitrogens with two attached hydrogens (primary N) is 1. The Bertz CT molecular complexity index is 514. The van der Waals surface area contributed by atoms with E-state index < -0.39 is 0 Å². The first-order valence-corrected chi connectivity index (χ1v) is 6.30. The Morgan fingerprint density at radius 2 is 2.18 bits per heavy atom. The lowest BCUT2D eigenvalue weighted by Crippen LogP contribution is -2.34. The summed E-state index contributed by atoms with van der Waals surface area (Å²) < 4.78 is 5.78. The van der Waals surface area contributed by atoms with Crippen LogP contribution in [-0.4, -0.2) is 6.04 Å². The van der Waals surface area contributed by atoms with E-state index >= 15 is 0 Å². The highest BCUT2D eigenvalue weighted by molar-refractivity contribution is 5.78. The molecule has 0 saturated heterocycles. The van der Waals surface area contributed by atoms with Crippen molar-refractivity contribution < 1.29 is 4.42 Å². The smallest absolute Gasteiger partial charge is 0.134 e. The summed E-state index contributed by atoms with van der Waals surface area (Å²) in [6.07, 6.45) is 3.97. The molecule has 3 rings (SSSR count). The first-order valence-electron chi connectivity index (χ1n) is 6.30. The third-order valence-electron chi connectivity index (χ3n) is 3.54. The van der Waals surface area contributed by atoms with Crippen LogP contribution in [-0.2, 0) is 13.1 Å². The molecule has 3 nitrogen and oxygen atoms in total. The van der Waals surface area contributed by atoms with Gasteiger partial charge >= 0.3 is 0 Å². The largest absolute Gasteiger partial charge is 0.460 e. The number of hydrogen-bond acceptors (Lipinski definition) is 3. The van der Waals surface area contributed by atoms with Gasteiger partial charge in [-0.05, 0) is 36.6 Å². The molecule has 3 heteroatoms. The highest BCUT2D eigenvalue weighted by atomic mass is 16.3. The molecule has 1 aromatic carbocycles. The van der Waals surface area contributed by atoms with E-state index in [9.17, 15) is 0 Å². The Labute approximate surface area is 101 Å². The van der Waals surface area contributed by atoms with E-state index in [0.29, 0.717) is 12.6 Å². The second kappa shape index (κ2) is 4.51. The van der Waals surface area contributed by atoms with Crippen molar-refractivity contribution in [2.24, 2.45) is 5.73 Å². The molecular weight excluding hydrogens is 212 g/mol. The Morgan fingerprint density at radius 1 is 1.29 bits per heavy atom. The minimum absolute atomic E-state index is 0.580. The predicted molar refractivity (Wildman–Crippen MR) is 68.6 cm³/mol. The summed E-state index contributed by atoms with van der Waals surface area (Å²) in [6, 6.07) is 8.94. The highest BCUT2D eigenvalue weighted by Crippen LogP contribution is 2.22. The van der Waals surface area contributed by atoms with Crippen molar-refractivity contribution in [1.82, 2.24) is 5.32 Å². The lowest BCUT2D eigenvalue weighted by molar-refractivity contribution is 0.327. The van der Waals surface area contributed by atoms with Gasteiger partial charge in [0.25, 0.3) is 0 Å². The standard InChI is InChI=1S/C14H18N2O/c15-8-10-4-5-14-11(6-10)7-13(17-14)9-16-12-2-1-3-12/h4-7,12,16H,1-3,8-9,15H2. The predicted octanol–water partition coefficient (Wildman–Crippen LogP) is 2.53. The van der Waals surface area contributed by atoms with Crippen LogP contribution in [0.5, 0.6) is 0 Å². The normalized spacial score (nSPS) is 16.3. The van der Waals surface area contributed by atoms with Gasteiger partial charge in [-0.15, -0.1) is 0 Å². The summed E-state index contributed by atoms with van der Waals surface area (Å²) in [7, 11) is 0. The summed E-state index contributed by atoms with van der Waals surface area (Å²) in [5, 5.41) is 4.66. The molecule has 0 bridgehead atoms. The number of nitrogens with one attached hydrogen (secondary N) is 1. The van der Waals surface area contributed by atoms with Crippen molar-refractivity contribution >= 4 is 11.0 Å². The maximum Gasteiger partial charge on any atom is 0.134 e. The number of benzene rings is 1. The zero-order valence-corrected chi connectivity index (χ0v) is 9.91. The van der Waals surface area contributed by atoms with Crippen LogP contribution >= 0.6 is 0 Å². The number of furan rings is 1. The SMILES string of the molecule is NCc1ccc2oc(CNC3CCC3)cc2c1. The van der Waals surface area contributed by atoms with E-state index in [1.165, 1.54) is 19.3 Å². The first-order chi connectivity index (χ1) is 8.35. The Hall–Kier alpha value is -1.32. The summed E-state index contributed by atoms with van der Waals surface area (Å²) in [5.41, 5.74) is 7.73. The molecule has 1 aliphatic rings.